The van der Waals surface area contributed by atoms with Gasteiger partial charge in [0.1, 0.15) is 6.73 Å². The van der Waals surface area contributed by atoms with Crippen molar-refractivity contribution in [3.8, 4) is 0 Å². The lowest BCUT2D eigenvalue weighted by atomic mass is 10.1. The van der Waals surface area contributed by atoms with Crippen LogP contribution in [0, 0.1) is 0 Å². The van der Waals surface area contributed by atoms with E-state index >= 15 is 0 Å². The van der Waals surface area contributed by atoms with Crippen LogP contribution in [0.15, 0.2) is 59.3 Å². The normalized spacial score (nSPS) is 15.6. The minimum atomic E-state index is 0.0190. The van der Waals surface area contributed by atoms with Gasteiger partial charge in [0.2, 0.25) is 0 Å². The number of benzene rings is 2. The van der Waals surface area contributed by atoms with Gasteiger partial charge in [-0.1, -0.05) is 22.0 Å². The highest BCUT2D eigenvalue weighted by Crippen LogP contribution is 2.29. The van der Waals surface area contributed by atoms with Crippen molar-refractivity contribution in [1.29, 1.82) is 0 Å². The molecule has 4 aromatic rings. The van der Waals surface area contributed by atoms with Gasteiger partial charge in [0.25, 0.3) is 0 Å². The van der Waals surface area contributed by atoms with E-state index in [1.54, 1.807) is 0 Å². The predicted molar refractivity (Wildman–Crippen MR) is 123 cm³/mol. The first-order valence-corrected chi connectivity index (χ1v) is 10.9. The van der Waals surface area contributed by atoms with Crippen molar-refractivity contribution in [1.82, 2.24) is 14.5 Å². The van der Waals surface area contributed by atoms with Gasteiger partial charge in [-0.25, -0.2) is 0 Å². The highest BCUT2D eigenvalue weighted by molar-refractivity contribution is 9.10. The van der Waals surface area contributed by atoms with Gasteiger partial charge in [-0.15, -0.1) is 0 Å². The van der Waals surface area contributed by atoms with Crippen LogP contribution in [0.2, 0.25) is 0 Å². The van der Waals surface area contributed by atoms with Crippen molar-refractivity contribution in [3.05, 3.63) is 64.9 Å². The molecule has 1 saturated heterocycles. The monoisotopic (exact) mass is 452 g/mol. The van der Waals surface area contributed by atoms with Crippen molar-refractivity contribution in [2.75, 3.05) is 37.6 Å². The summed E-state index contributed by atoms with van der Waals surface area (Å²) in [4.78, 5) is 8.43. The summed E-state index contributed by atoms with van der Waals surface area (Å²) < 4.78 is 3.01. The number of nitrogens with zero attached hydrogens (tertiary/aromatic N) is 3. The zero-order valence-corrected chi connectivity index (χ0v) is 17.9. The summed E-state index contributed by atoms with van der Waals surface area (Å²) in [5, 5.41) is 12.1. The minimum absolute atomic E-state index is 0.0190. The molecule has 2 aromatic carbocycles. The second kappa shape index (κ2) is 7.86. The average Bonchev–Trinajstić information content (AvgIpc) is 3.36. The molecule has 0 atom stereocenters. The van der Waals surface area contributed by atoms with E-state index in [-0.39, 0.29) is 6.73 Å². The molecule has 0 unspecified atom stereocenters. The topological polar surface area (TPSA) is 47.4 Å². The number of aliphatic hydroxyl groups excluding tert-OH is 1. The molecular weight excluding hydrogens is 428 g/mol. The van der Waals surface area contributed by atoms with E-state index in [9.17, 15) is 5.11 Å². The van der Waals surface area contributed by atoms with Gasteiger partial charge in [-0.05, 0) is 48.4 Å². The smallest absolute Gasteiger partial charge is 0.119 e. The van der Waals surface area contributed by atoms with E-state index in [4.69, 9.17) is 0 Å². The lowest BCUT2D eigenvalue weighted by molar-refractivity contribution is 0.215. The second-order valence-electron chi connectivity index (χ2n) is 7.72. The van der Waals surface area contributed by atoms with Gasteiger partial charge in [0.05, 0.1) is 5.52 Å². The molecule has 5 rings (SSSR count). The van der Waals surface area contributed by atoms with Crippen LogP contribution in [-0.4, -0.2) is 52.3 Å². The van der Waals surface area contributed by atoms with Crippen molar-refractivity contribution in [2.24, 2.45) is 0 Å². The molecule has 29 heavy (non-hydrogen) atoms. The lowest BCUT2D eigenvalue weighted by Gasteiger charge is -2.36. The van der Waals surface area contributed by atoms with Gasteiger partial charge in [-0.3, -0.25) is 4.90 Å². The Hall–Kier alpha value is -2.28. The third-order valence-electron chi connectivity index (χ3n) is 6.08. The summed E-state index contributed by atoms with van der Waals surface area (Å²) in [6.07, 6.45) is 5.18. The van der Waals surface area contributed by atoms with Crippen LogP contribution >= 0.6 is 15.9 Å². The third kappa shape index (κ3) is 3.56. The molecule has 0 saturated carbocycles. The van der Waals surface area contributed by atoms with Gasteiger partial charge < -0.3 is 19.6 Å². The number of rotatable bonds is 5. The Morgan fingerprint density at radius 1 is 1.00 bits per heavy atom. The number of aromatic nitrogens is 2. The van der Waals surface area contributed by atoms with Crippen LogP contribution in [0.5, 0.6) is 0 Å². The van der Waals surface area contributed by atoms with Crippen molar-refractivity contribution in [2.45, 2.75) is 13.2 Å². The molecule has 0 aliphatic carbocycles. The minimum Gasteiger partial charge on any atom is -0.376 e. The van der Waals surface area contributed by atoms with Crippen molar-refractivity contribution in [3.63, 3.8) is 0 Å². The number of piperazine rings is 1. The predicted octanol–water partition coefficient (Wildman–Crippen LogP) is 4.20. The van der Waals surface area contributed by atoms with Crippen molar-refractivity contribution < 1.29 is 5.11 Å². The summed E-state index contributed by atoms with van der Waals surface area (Å²) in [5.74, 6) is 0. The standard InChI is InChI=1S/C23H25BrN4O/c24-18-4-5-21-20(14-18)17(15-25-21)6-8-26-10-12-27(13-11-26)22-2-1-3-23-19(22)7-9-28(23)16-29/h1-5,7,9,14-15,25,29H,6,8,10-13,16H2. The van der Waals surface area contributed by atoms with E-state index in [1.807, 2.05) is 10.8 Å². The molecular formula is C23H25BrN4O. The maximum absolute atomic E-state index is 9.52. The summed E-state index contributed by atoms with van der Waals surface area (Å²) >= 11 is 3.59. The molecule has 3 heterocycles. The van der Waals surface area contributed by atoms with Gasteiger partial charge >= 0.3 is 0 Å². The molecule has 1 aliphatic rings. The molecule has 0 bridgehead atoms. The molecule has 0 amide bonds. The summed E-state index contributed by atoms with van der Waals surface area (Å²) in [7, 11) is 0. The Kier molecular flexibility index (Phi) is 5.08. The van der Waals surface area contributed by atoms with Gasteiger partial charge in [0.15, 0.2) is 0 Å². The molecule has 0 radical (unpaired) electrons. The van der Waals surface area contributed by atoms with Crippen LogP contribution in [0.3, 0.4) is 0 Å². The number of aromatic amines is 1. The highest BCUT2D eigenvalue weighted by atomic mass is 79.9. The second-order valence-corrected chi connectivity index (χ2v) is 8.64. The fourth-order valence-corrected chi connectivity index (χ4v) is 4.82. The third-order valence-corrected chi connectivity index (χ3v) is 6.58. The van der Waals surface area contributed by atoms with Crippen LogP contribution in [0.4, 0.5) is 5.69 Å². The highest BCUT2D eigenvalue weighted by Gasteiger charge is 2.19. The van der Waals surface area contributed by atoms with Gasteiger partial charge in [-0.2, -0.15) is 0 Å². The van der Waals surface area contributed by atoms with E-state index in [0.717, 1.165) is 49.1 Å². The summed E-state index contributed by atoms with van der Waals surface area (Å²) in [5.41, 5.74) is 4.96. The number of fused-ring (bicyclic) bond motifs is 2. The first-order chi connectivity index (χ1) is 14.2. The number of H-pyrrole nitrogens is 1. The number of hydrogen-bond acceptors (Lipinski definition) is 3. The molecule has 1 fully saturated rings. The first-order valence-electron chi connectivity index (χ1n) is 10.1. The molecule has 2 aromatic heterocycles. The SMILES string of the molecule is OCn1ccc2c(N3CCN(CCc4c[nH]c5ccc(Br)cc45)CC3)cccc21. The van der Waals surface area contributed by atoms with Gasteiger partial charge in [0, 0.05) is 71.6 Å². The summed E-state index contributed by atoms with van der Waals surface area (Å²) in [6.45, 7) is 5.31. The van der Waals surface area contributed by atoms with E-state index < -0.39 is 0 Å². The zero-order chi connectivity index (χ0) is 19.8. The number of hydrogen-bond donors (Lipinski definition) is 2. The largest absolute Gasteiger partial charge is 0.376 e. The zero-order valence-electron chi connectivity index (χ0n) is 16.3. The Morgan fingerprint density at radius 3 is 2.69 bits per heavy atom. The maximum atomic E-state index is 9.52. The van der Waals surface area contributed by atoms with E-state index in [0.29, 0.717) is 0 Å². The Bertz CT molecular complexity index is 1140. The molecule has 150 valence electrons. The Labute approximate surface area is 178 Å². The molecule has 1 aliphatic heterocycles. The fourth-order valence-electron chi connectivity index (χ4n) is 4.45. The summed E-state index contributed by atoms with van der Waals surface area (Å²) in [6, 6.07) is 14.9. The number of nitrogens with one attached hydrogen (secondary N) is 1. The molecule has 2 N–H and O–H groups in total. The van der Waals surface area contributed by atoms with Crippen LogP contribution in [0.1, 0.15) is 5.56 Å². The van der Waals surface area contributed by atoms with E-state index in [2.05, 4.69) is 79.4 Å². The first kappa shape index (κ1) is 18.7. The molecule has 0 spiro atoms. The number of aliphatic hydroxyl groups is 1. The number of anilines is 1. The van der Waals surface area contributed by atoms with Crippen molar-refractivity contribution >= 4 is 43.4 Å². The maximum Gasteiger partial charge on any atom is 0.119 e. The van der Waals surface area contributed by atoms with E-state index in [1.165, 1.54) is 27.5 Å². The fraction of sp³-hybridized carbons (Fsp3) is 0.304. The van der Waals surface area contributed by atoms with Crippen LogP contribution in [-0.2, 0) is 13.2 Å². The number of halogens is 1. The Balaban J connectivity index is 1.24. The van der Waals surface area contributed by atoms with Crippen LogP contribution in [0.25, 0.3) is 21.8 Å². The molecule has 6 heteroatoms. The quantitative estimate of drug-likeness (QED) is 0.476. The lowest BCUT2D eigenvalue weighted by Crippen LogP contribution is -2.47. The van der Waals surface area contributed by atoms with Crippen LogP contribution < -0.4 is 4.90 Å². The molecule has 5 nitrogen and oxygen atoms in total. The Morgan fingerprint density at radius 2 is 1.86 bits per heavy atom. The average molecular weight is 453 g/mol.